The Kier molecular flexibility index (Phi) is 7.74. The van der Waals surface area contributed by atoms with Crippen molar-refractivity contribution in [2.75, 3.05) is 13.1 Å². The summed E-state index contributed by atoms with van der Waals surface area (Å²) >= 11 is 1.71. The number of hydrogen-bond acceptors (Lipinski definition) is 5. The topological polar surface area (TPSA) is 83.8 Å². The molecule has 1 aliphatic heterocycles. The molecule has 8 heteroatoms. The smallest absolute Gasteiger partial charge is 0.273 e. The first-order valence-corrected chi connectivity index (χ1v) is 13.8. The molecule has 38 heavy (non-hydrogen) atoms. The standard InChI is InChI=1S/C30H35N3O4S/c1-19(2)32(29(35)22-8-7-20(3)25(17-22)33(36)37)18-27(34)31-15-13-26-24(14-16-38-26)28(31)21-9-11-23(12-10-21)30(4,5)6/h7-12,14,16-17,19,28H,13,15,18H2,1-6H3. The van der Waals surface area contributed by atoms with Crippen molar-refractivity contribution in [2.24, 2.45) is 0 Å². The van der Waals surface area contributed by atoms with Crippen molar-refractivity contribution in [3.8, 4) is 0 Å². The fraction of sp³-hybridized carbons (Fsp3) is 0.400. The molecule has 3 aromatic rings. The van der Waals surface area contributed by atoms with Crippen molar-refractivity contribution < 1.29 is 14.5 Å². The predicted molar refractivity (Wildman–Crippen MR) is 151 cm³/mol. The van der Waals surface area contributed by atoms with Crippen LogP contribution >= 0.6 is 11.3 Å². The minimum Gasteiger partial charge on any atom is -0.330 e. The fourth-order valence-electron chi connectivity index (χ4n) is 4.94. The Morgan fingerprint density at radius 3 is 2.42 bits per heavy atom. The summed E-state index contributed by atoms with van der Waals surface area (Å²) in [7, 11) is 0. The molecule has 1 aliphatic rings. The number of thiophene rings is 1. The van der Waals surface area contributed by atoms with Crippen LogP contribution in [0.15, 0.2) is 53.9 Å². The van der Waals surface area contributed by atoms with Gasteiger partial charge in [-0.1, -0.05) is 51.1 Å². The zero-order chi connectivity index (χ0) is 27.8. The van der Waals surface area contributed by atoms with E-state index in [9.17, 15) is 19.7 Å². The number of nitro groups is 1. The van der Waals surface area contributed by atoms with E-state index in [-0.39, 0.29) is 41.2 Å². The van der Waals surface area contributed by atoms with E-state index >= 15 is 0 Å². The van der Waals surface area contributed by atoms with Crippen LogP contribution in [0.3, 0.4) is 0 Å². The zero-order valence-corrected chi connectivity index (χ0v) is 23.7. The monoisotopic (exact) mass is 533 g/mol. The third kappa shape index (κ3) is 5.50. The Hall–Kier alpha value is -3.52. The van der Waals surface area contributed by atoms with Gasteiger partial charge in [-0.3, -0.25) is 19.7 Å². The maximum absolute atomic E-state index is 13.8. The molecule has 2 heterocycles. The number of nitro benzene ring substituents is 1. The van der Waals surface area contributed by atoms with E-state index < -0.39 is 10.8 Å². The molecule has 0 spiro atoms. The predicted octanol–water partition coefficient (Wildman–Crippen LogP) is 6.29. The summed E-state index contributed by atoms with van der Waals surface area (Å²) in [5.74, 6) is -0.536. The average Bonchev–Trinajstić information content (AvgIpc) is 3.34. The molecule has 0 fully saturated rings. The number of hydrogen-bond donors (Lipinski definition) is 0. The van der Waals surface area contributed by atoms with Gasteiger partial charge < -0.3 is 9.80 Å². The molecule has 200 valence electrons. The van der Waals surface area contributed by atoms with E-state index in [0.717, 1.165) is 17.5 Å². The van der Waals surface area contributed by atoms with Crippen molar-refractivity contribution in [3.05, 3.63) is 96.7 Å². The van der Waals surface area contributed by atoms with Crippen LogP contribution < -0.4 is 0 Å². The van der Waals surface area contributed by atoms with Crippen molar-refractivity contribution >= 4 is 28.8 Å². The van der Waals surface area contributed by atoms with Crippen LogP contribution in [0, 0.1) is 17.0 Å². The summed E-state index contributed by atoms with van der Waals surface area (Å²) in [4.78, 5) is 42.9. The van der Waals surface area contributed by atoms with E-state index in [0.29, 0.717) is 12.1 Å². The van der Waals surface area contributed by atoms with Crippen molar-refractivity contribution in [3.63, 3.8) is 0 Å². The molecule has 0 radical (unpaired) electrons. The number of benzene rings is 2. The number of fused-ring (bicyclic) bond motifs is 1. The molecular weight excluding hydrogens is 498 g/mol. The lowest BCUT2D eigenvalue weighted by Gasteiger charge is -2.38. The van der Waals surface area contributed by atoms with Crippen LogP contribution in [-0.4, -0.2) is 45.7 Å². The first-order chi connectivity index (χ1) is 17.9. The molecule has 2 aromatic carbocycles. The minimum absolute atomic E-state index is 0.0251. The Bertz CT molecular complexity index is 1350. The van der Waals surface area contributed by atoms with Crippen LogP contribution in [0.2, 0.25) is 0 Å². The van der Waals surface area contributed by atoms with Gasteiger partial charge >= 0.3 is 0 Å². The first-order valence-electron chi connectivity index (χ1n) is 12.9. The van der Waals surface area contributed by atoms with Crippen molar-refractivity contribution in [2.45, 2.75) is 65.5 Å². The number of rotatable bonds is 6. The number of aryl methyl sites for hydroxylation is 1. The molecule has 2 amide bonds. The lowest BCUT2D eigenvalue weighted by Crippen LogP contribution is -2.48. The van der Waals surface area contributed by atoms with E-state index in [1.807, 2.05) is 18.7 Å². The van der Waals surface area contributed by atoms with Crippen LogP contribution in [-0.2, 0) is 16.6 Å². The largest absolute Gasteiger partial charge is 0.330 e. The van der Waals surface area contributed by atoms with E-state index in [2.05, 4.69) is 56.5 Å². The molecule has 0 N–H and O–H groups in total. The first kappa shape index (κ1) is 27.5. The lowest BCUT2D eigenvalue weighted by atomic mass is 9.85. The molecule has 1 aromatic heterocycles. The van der Waals surface area contributed by atoms with Gasteiger partial charge in [0.05, 0.1) is 11.0 Å². The fourth-order valence-corrected chi connectivity index (χ4v) is 5.84. The normalized spacial score (nSPS) is 15.3. The van der Waals surface area contributed by atoms with Gasteiger partial charge in [-0.15, -0.1) is 11.3 Å². The van der Waals surface area contributed by atoms with Gasteiger partial charge in [0.2, 0.25) is 5.91 Å². The quantitative estimate of drug-likeness (QED) is 0.275. The maximum atomic E-state index is 13.8. The Morgan fingerprint density at radius 2 is 1.82 bits per heavy atom. The van der Waals surface area contributed by atoms with Gasteiger partial charge in [-0.2, -0.15) is 0 Å². The lowest BCUT2D eigenvalue weighted by molar-refractivity contribution is -0.385. The van der Waals surface area contributed by atoms with Crippen molar-refractivity contribution in [1.29, 1.82) is 0 Å². The van der Waals surface area contributed by atoms with Crippen LogP contribution in [0.1, 0.15) is 78.1 Å². The molecule has 7 nitrogen and oxygen atoms in total. The third-order valence-electron chi connectivity index (χ3n) is 7.22. The Labute approximate surface area is 228 Å². The number of amides is 2. The summed E-state index contributed by atoms with van der Waals surface area (Å²) in [5.41, 5.74) is 4.01. The summed E-state index contributed by atoms with van der Waals surface area (Å²) in [6.07, 6.45) is 0.773. The van der Waals surface area contributed by atoms with Gasteiger partial charge in [-0.05, 0) is 66.8 Å². The highest BCUT2D eigenvalue weighted by molar-refractivity contribution is 7.10. The van der Waals surface area contributed by atoms with Gasteiger partial charge in [0.1, 0.15) is 6.54 Å². The summed E-state index contributed by atoms with van der Waals surface area (Å²) < 4.78 is 0. The summed E-state index contributed by atoms with van der Waals surface area (Å²) in [6.45, 7) is 12.3. The summed E-state index contributed by atoms with van der Waals surface area (Å²) in [5, 5.41) is 13.5. The van der Waals surface area contributed by atoms with Crippen LogP contribution in [0.25, 0.3) is 0 Å². The average molecular weight is 534 g/mol. The molecule has 4 rings (SSSR count). The maximum Gasteiger partial charge on any atom is 0.273 e. The number of carbonyl (C=O) groups is 2. The second-order valence-electron chi connectivity index (χ2n) is 11.2. The Morgan fingerprint density at radius 1 is 1.13 bits per heavy atom. The highest BCUT2D eigenvalue weighted by atomic mass is 32.1. The second kappa shape index (κ2) is 10.7. The zero-order valence-electron chi connectivity index (χ0n) is 22.9. The number of carbonyl (C=O) groups excluding carboxylic acids is 2. The molecule has 0 aliphatic carbocycles. The van der Waals surface area contributed by atoms with Gasteiger partial charge in [0.25, 0.3) is 11.6 Å². The third-order valence-corrected chi connectivity index (χ3v) is 8.22. The van der Waals surface area contributed by atoms with E-state index in [1.54, 1.807) is 30.4 Å². The summed E-state index contributed by atoms with van der Waals surface area (Å²) in [6, 6.07) is 14.5. The molecular formula is C30H35N3O4S. The van der Waals surface area contributed by atoms with Crippen LogP contribution in [0.5, 0.6) is 0 Å². The second-order valence-corrected chi connectivity index (χ2v) is 12.2. The highest BCUT2D eigenvalue weighted by Gasteiger charge is 2.35. The molecule has 1 unspecified atom stereocenters. The molecule has 0 saturated heterocycles. The molecule has 1 atom stereocenters. The minimum atomic E-state index is -0.487. The van der Waals surface area contributed by atoms with Gasteiger partial charge in [-0.25, -0.2) is 0 Å². The highest BCUT2D eigenvalue weighted by Crippen LogP contribution is 2.38. The SMILES string of the molecule is Cc1ccc(C(=O)N(CC(=O)N2CCc3sccc3C2c2ccc(C(C)(C)C)cc2)C(C)C)cc1[N+](=O)[O-]. The van der Waals surface area contributed by atoms with Crippen molar-refractivity contribution in [1.82, 2.24) is 9.80 Å². The molecule has 0 saturated carbocycles. The number of nitrogens with zero attached hydrogens (tertiary/aromatic N) is 3. The van der Waals surface area contributed by atoms with E-state index in [1.165, 1.54) is 21.4 Å². The van der Waals surface area contributed by atoms with Gasteiger partial charge in [0, 0.05) is 34.7 Å². The Balaban J connectivity index is 1.64. The van der Waals surface area contributed by atoms with Crippen LogP contribution in [0.4, 0.5) is 5.69 Å². The van der Waals surface area contributed by atoms with E-state index in [4.69, 9.17) is 0 Å². The van der Waals surface area contributed by atoms with Gasteiger partial charge in [0.15, 0.2) is 0 Å². The molecule has 0 bridgehead atoms.